The van der Waals surface area contributed by atoms with Crippen molar-refractivity contribution >= 4 is 41.3 Å². The van der Waals surface area contributed by atoms with Gasteiger partial charge in [-0.25, -0.2) is 0 Å². The number of methoxy groups -OCH3 is 1. The molecular weight excluding hydrogens is 511 g/mol. The number of ether oxygens (including phenoxy) is 2. The van der Waals surface area contributed by atoms with E-state index in [1.165, 1.54) is 10.4 Å². The fourth-order valence-electron chi connectivity index (χ4n) is 2.92. The van der Waals surface area contributed by atoms with Crippen molar-refractivity contribution in [1.29, 1.82) is 0 Å². The number of likely N-dealkylation sites (N-methyl/N-ethyl adjacent to an activating group) is 1. The summed E-state index contributed by atoms with van der Waals surface area (Å²) in [5.74, 6) is 2.30. The molecule has 0 saturated carbocycles. The predicted molar refractivity (Wildman–Crippen MR) is 138 cm³/mol. The first kappa shape index (κ1) is 26.5. The summed E-state index contributed by atoms with van der Waals surface area (Å²) in [7, 11) is 3.46. The molecule has 1 aromatic heterocycles. The third-order valence-electron chi connectivity index (χ3n) is 4.86. The number of halogens is 1. The molecule has 2 aromatic rings. The van der Waals surface area contributed by atoms with Crippen LogP contribution in [0.4, 0.5) is 0 Å². The van der Waals surface area contributed by atoms with Crippen molar-refractivity contribution in [2.45, 2.75) is 33.9 Å². The number of guanidine groups is 1. The van der Waals surface area contributed by atoms with E-state index in [0.29, 0.717) is 13.2 Å². The summed E-state index contributed by atoms with van der Waals surface area (Å²) >= 11 is 1.76. The molecule has 0 fully saturated rings. The molecule has 0 atom stereocenters. The Morgan fingerprint density at radius 3 is 2.43 bits per heavy atom. The standard InChI is InChI=1S/C22H34N4O2S.HI/c1-6-26(7-2)11-12-28-19-9-8-18(14-20(19)27-5)15-24-22(23-4)25-16-21-17(3)10-13-29-21;/h8-10,13-14H,6-7,11-12,15-16H2,1-5H3,(H2,23,24,25);1H. The molecule has 30 heavy (non-hydrogen) atoms. The normalized spacial score (nSPS) is 11.2. The molecule has 0 radical (unpaired) electrons. The van der Waals surface area contributed by atoms with Crippen molar-refractivity contribution < 1.29 is 9.47 Å². The lowest BCUT2D eigenvalue weighted by Crippen LogP contribution is -2.36. The zero-order chi connectivity index (χ0) is 21.1. The second-order valence-electron chi connectivity index (χ2n) is 6.67. The maximum Gasteiger partial charge on any atom is 0.191 e. The van der Waals surface area contributed by atoms with Gasteiger partial charge < -0.3 is 25.0 Å². The maximum absolute atomic E-state index is 5.93. The van der Waals surface area contributed by atoms with Gasteiger partial charge >= 0.3 is 0 Å². The molecule has 2 rings (SSSR count). The Bertz CT molecular complexity index is 778. The zero-order valence-corrected chi connectivity index (χ0v) is 21.8. The van der Waals surface area contributed by atoms with Crippen LogP contribution >= 0.6 is 35.3 Å². The number of aryl methyl sites for hydroxylation is 1. The molecule has 0 saturated heterocycles. The maximum atomic E-state index is 5.93. The summed E-state index contributed by atoms with van der Waals surface area (Å²) in [4.78, 5) is 7.96. The summed E-state index contributed by atoms with van der Waals surface area (Å²) in [6.45, 7) is 11.5. The lowest BCUT2D eigenvalue weighted by Gasteiger charge is -2.19. The van der Waals surface area contributed by atoms with Crippen LogP contribution in [0.1, 0.15) is 29.9 Å². The van der Waals surface area contributed by atoms with Crippen molar-refractivity contribution in [2.24, 2.45) is 4.99 Å². The first-order chi connectivity index (χ1) is 14.1. The number of hydrogen-bond acceptors (Lipinski definition) is 5. The molecule has 168 valence electrons. The van der Waals surface area contributed by atoms with Crippen LogP contribution in [0.5, 0.6) is 11.5 Å². The summed E-state index contributed by atoms with van der Waals surface area (Å²) in [6.07, 6.45) is 0. The molecule has 6 nitrogen and oxygen atoms in total. The first-order valence-corrected chi connectivity index (χ1v) is 11.0. The summed E-state index contributed by atoms with van der Waals surface area (Å²) < 4.78 is 11.5. The molecule has 1 heterocycles. The number of nitrogens with one attached hydrogen (secondary N) is 2. The Kier molecular flexibility index (Phi) is 12.8. The van der Waals surface area contributed by atoms with Crippen LogP contribution < -0.4 is 20.1 Å². The van der Waals surface area contributed by atoms with Gasteiger partial charge in [-0.1, -0.05) is 19.9 Å². The number of aliphatic imine (C=N–C) groups is 1. The van der Waals surface area contributed by atoms with E-state index >= 15 is 0 Å². The van der Waals surface area contributed by atoms with E-state index in [4.69, 9.17) is 9.47 Å². The monoisotopic (exact) mass is 546 g/mol. The average Bonchev–Trinajstić information content (AvgIpc) is 3.16. The highest BCUT2D eigenvalue weighted by atomic mass is 127. The predicted octanol–water partition coefficient (Wildman–Crippen LogP) is 4.27. The highest BCUT2D eigenvalue weighted by molar-refractivity contribution is 14.0. The van der Waals surface area contributed by atoms with Crippen molar-refractivity contribution in [3.05, 3.63) is 45.6 Å². The molecule has 0 aliphatic heterocycles. The second kappa shape index (κ2) is 14.5. The second-order valence-corrected chi connectivity index (χ2v) is 7.67. The van der Waals surface area contributed by atoms with Crippen LogP contribution in [0.2, 0.25) is 0 Å². The molecule has 0 spiro atoms. The minimum atomic E-state index is 0. The Hall–Kier alpha value is -1.52. The number of nitrogens with zero attached hydrogens (tertiary/aromatic N) is 2. The topological polar surface area (TPSA) is 58.1 Å². The van der Waals surface area contributed by atoms with Gasteiger partial charge in [0.15, 0.2) is 17.5 Å². The van der Waals surface area contributed by atoms with Crippen molar-refractivity contribution in [3.8, 4) is 11.5 Å². The van der Waals surface area contributed by atoms with Gasteiger partial charge in [0.05, 0.1) is 13.7 Å². The number of rotatable bonds is 11. The average molecular weight is 547 g/mol. The van der Waals surface area contributed by atoms with E-state index in [9.17, 15) is 0 Å². The van der Waals surface area contributed by atoms with Crippen LogP contribution in [-0.4, -0.2) is 51.3 Å². The lowest BCUT2D eigenvalue weighted by molar-refractivity contribution is 0.217. The van der Waals surface area contributed by atoms with Crippen molar-refractivity contribution in [1.82, 2.24) is 15.5 Å². The molecule has 0 unspecified atom stereocenters. The number of thiophene rings is 1. The highest BCUT2D eigenvalue weighted by Gasteiger charge is 2.08. The van der Waals surface area contributed by atoms with Gasteiger partial charge in [-0.2, -0.15) is 0 Å². The van der Waals surface area contributed by atoms with Crippen LogP contribution in [0.25, 0.3) is 0 Å². The van der Waals surface area contributed by atoms with E-state index in [2.05, 4.69) is 58.8 Å². The SMILES string of the molecule is CCN(CC)CCOc1ccc(CNC(=NC)NCc2sccc2C)cc1OC.I. The Morgan fingerprint density at radius 1 is 1.10 bits per heavy atom. The Morgan fingerprint density at radius 2 is 1.83 bits per heavy atom. The van der Waals surface area contributed by atoms with Crippen LogP contribution in [0.3, 0.4) is 0 Å². The first-order valence-electron chi connectivity index (χ1n) is 10.1. The number of benzene rings is 1. The molecule has 8 heteroatoms. The third kappa shape index (κ3) is 8.31. The van der Waals surface area contributed by atoms with E-state index in [1.807, 2.05) is 12.1 Å². The quantitative estimate of drug-likeness (QED) is 0.251. The smallest absolute Gasteiger partial charge is 0.191 e. The van der Waals surface area contributed by atoms with E-state index < -0.39 is 0 Å². The van der Waals surface area contributed by atoms with Gasteiger partial charge in [-0.05, 0) is 54.7 Å². The van der Waals surface area contributed by atoms with Gasteiger partial charge in [0, 0.05) is 25.0 Å². The Labute approximate surface area is 202 Å². The largest absolute Gasteiger partial charge is 0.493 e. The van der Waals surface area contributed by atoms with Crippen LogP contribution in [0.15, 0.2) is 34.6 Å². The van der Waals surface area contributed by atoms with Crippen LogP contribution in [0, 0.1) is 6.92 Å². The molecule has 1 aromatic carbocycles. The molecule has 2 N–H and O–H groups in total. The van der Waals surface area contributed by atoms with E-state index in [-0.39, 0.29) is 24.0 Å². The minimum absolute atomic E-state index is 0. The van der Waals surface area contributed by atoms with Gasteiger partial charge in [0.25, 0.3) is 0 Å². The number of hydrogen-bond donors (Lipinski definition) is 2. The third-order valence-corrected chi connectivity index (χ3v) is 5.88. The molecule has 0 aliphatic carbocycles. The minimum Gasteiger partial charge on any atom is -0.493 e. The zero-order valence-electron chi connectivity index (χ0n) is 18.7. The fourth-order valence-corrected chi connectivity index (χ4v) is 3.77. The van der Waals surface area contributed by atoms with E-state index in [0.717, 1.165) is 49.2 Å². The van der Waals surface area contributed by atoms with Gasteiger partial charge in [-0.3, -0.25) is 4.99 Å². The Balaban J connectivity index is 0.00000450. The molecule has 0 amide bonds. The van der Waals surface area contributed by atoms with Gasteiger partial charge in [0.1, 0.15) is 6.61 Å². The van der Waals surface area contributed by atoms with E-state index in [1.54, 1.807) is 25.5 Å². The molecule has 0 bridgehead atoms. The highest BCUT2D eigenvalue weighted by Crippen LogP contribution is 2.28. The summed E-state index contributed by atoms with van der Waals surface area (Å²) in [5, 5.41) is 8.82. The lowest BCUT2D eigenvalue weighted by atomic mass is 10.2. The van der Waals surface area contributed by atoms with Crippen LogP contribution in [-0.2, 0) is 13.1 Å². The van der Waals surface area contributed by atoms with Gasteiger partial charge in [0.2, 0.25) is 0 Å². The summed E-state index contributed by atoms with van der Waals surface area (Å²) in [6, 6.07) is 8.18. The van der Waals surface area contributed by atoms with Crippen molar-refractivity contribution in [3.63, 3.8) is 0 Å². The summed E-state index contributed by atoms with van der Waals surface area (Å²) in [5.41, 5.74) is 2.41. The molecule has 0 aliphatic rings. The van der Waals surface area contributed by atoms with Crippen molar-refractivity contribution in [2.75, 3.05) is 40.4 Å². The molecular formula is C22H35IN4O2S. The fraction of sp³-hybridized carbons (Fsp3) is 0.500. The van der Waals surface area contributed by atoms with Gasteiger partial charge in [-0.15, -0.1) is 35.3 Å².